The molecular formula is C23H14IrNSi-. The fourth-order valence-corrected chi connectivity index (χ4v) is 10.3. The van der Waals surface area contributed by atoms with Crippen LogP contribution in [0.1, 0.15) is 0 Å². The predicted molar refractivity (Wildman–Crippen MR) is 105 cm³/mol. The summed E-state index contributed by atoms with van der Waals surface area (Å²) < 4.78 is 0. The molecule has 1 spiro atoms. The van der Waals surface area contributed by atoms with Crippen molar-refractivity contribution in [2.24, 2.45) is 0 Å². The number of benzene rings is 3. The Morgan fingerprint density at radius 2 is 1.27 bits per heavy atom. The van der Waals surface area contributed by atoms with E-state index >= 15 is 0 Å². The SMILES string of the molecule is [Ir].[c-]1cccc2c1-c1ncccc1[Si]21c2ccccc2-c2ccccc21. The van der Waals surface area contributed by atoms with E-state index in [0.29, 0.717) is 0 Å². The van der Waals surface area contributed by atoms with Crippen molar-refractivity contribution in [1.82, 2.24) is 4.98 Å². The minimum absolute atomic E-state index is 0. The number of nitrogens with zero attached hydrogens (tertiary/aromatic N) is 1. The Morgan fingerprint density at radius 1 is 0.654 bits per heavy atom. The van der Waals surface area contributed by atoms with Crippen LogP contribution in [-0.4, -0.2) is 13.1 Å². The first-order chi connectivity index (χ1) is 12.4. The minimum Gasteiger partial charge on any atom is -0.305 e. The number of pyridine rings is 1. The average Bonchev–Trinajstić information content (AvgIpc) is 3.16. The molecule has 0 aliphatic carbocycles. The molecule has 0 saturated heterocycles. The second kappa shape index (κ2) is 5.59. The van der Waals surface area contributed by atoms with Crippen LogP contribution in [-0.2, 0) is 20.1 Å². The number of fused-ring (bicyclic) bond motifs is 10. The van der Waals surface area contributed by atoms with Gasteiger partial charge >= 0.3 is 0 Å². The van der Waals surface area contributed by atoms with Crippen molar-refractivity contribution < 1.29 is 20.1 Å². The van der Waals surface area contributed by atoms with E-state index in [4.69, 9.17) is 4.98 Å². The third-order valence-electron chi connectivity index (χ3n) is 5.66. The van der Waals surface area contributed by atoms with Crippen molar-refractivity contribution in [1.29, 1.82) is 0 Å². The predicted octanol–water partition coefficient (Wildman–Crippen LogP) is 2.22. The van der Waals surface area contributed by atoms with Gasteiger partial charge in [0.25, 0.3) is 0 Å². The van der Waals surface area contributed by atoms with Gasteiger partial charge in [0.2, 0.25) is 0 Å². The van der Waals surface area contributed by atoms with Crippen LogP contribution in [0, 0.1) is 6.07 Å². The monoisotopic (exact) mass is 525 g/mol. The van der Waals surface area contributed by atoms with Crippen LogP contribution in [0.25, 0.3) is 22.4 Å². The van der Waals surface area contributed by atoms with Crippen LogP contribution in [0.15, 0.2) is 85.1 Å². The number of hydrogen-bond acceptors (Lipinski definition) is 1. The molecule has 3 heterocycles. The van der Waals surface area contributed by atoms with Gasteiger partial charge in [-0.1, -0.05) is 59.8 Å². The molecular weight excluding hydrogens is 511 g/mol. The van der Waals surface area contributed by atoms with Gasteiger partial charge in [0, 0.05) is 26.3 Å². The van der Waals surface area contributed by atoms with Crippen molar-refractivity contribution in [2.45, 2.75) is 0 Å². The Labute approximate surface area is 167 Å². The summed E-state index contributed by atoms with van der Waals surface area (Å²) in [7, 11) is -2.25. The number of rotatable bonds is 0. The Kier molecular flexibility index (Phi) is 3.41. The van der Waals surface area contributed by atoms with Crippen LogP contribution in [0.4, 0.5) is 0 Å². The van der Waals surface area contributed by atoms with Crippen molar-refractivity contribution in [3.8, 4) is 22.4 Å². The standard InChI is InChI=1S/C23H14NSi.Ir/c1-4-11-19-16(8-1)17-9-2-5-12-20(17)25(19)21-13-6-3-10-18(21)23-22(25)14-7-15-24-23;/h1-9,11-15H;/q-1;. The molecule has 0 N–H and O–H groups in total. The van der Waals surface area contributed by atoms with Crippen LogP contribution in [0.2, 0.25) is 0 Å². The zero-order valence-electron chi connectivity index (χ0n) is 13.9. The third-order valence-corrected chi connectivity index (χ3v) is 10.6. The maximum atomic E-state index is 4.77. The summed E-state index contributed by atoms with van der Waals surface area (Å²) in [4.78, 5) is 4.77. The van der Waals surface area contributed by atoms with E-state index in [1.165, 1.54) is 37.4 Å². The van der Waals surface area contributed by atoms with Crippen molar-refractivity contribution in [2.75, 3.05) is 0 Å². The minimum atomic E-state index is -2.25. The molecule has 1 radical (unpaired) electrons. The molecule has 3 heteroatoms. The fourth-order valence-electron chi connectivity index (χ4n) is 4.81. The molecule has 0 bridgehead atoms. The quantitative estimate of drug-likeness (QED) is 0.219. The number of aromatic nitrogens is 1. The topological polar surface area (TPSA) is 12.9 Å². The third kappa shape index (κ3) is 1.71. The molecule has 1 nitrogen and oxygen atoms in total. The molecule has 2 aliphatic heterocycles. The maximum absolute atomic E-state index is 4.77. The van der Waals surface area contributed by atoms with Gasteiger partial charge in [0.1, 0.15) is 8.07 Å². The first-order valence-corrected chi connectivity index (χ1v) is 10.6. The van der Waals surface area contributed by atoms with E-state index in [9.17, 15) is 0 Å². The van der Waals surface area contributed by atoms with Gasteiger partial charge in [0.05, 0.1) is 0 Å². The van der Waals surface area contributed by atoms with Crippen molar-refractivity contribution in [3.63, 3.8) is 0 Å². The Balaban J connectivity index is 0.00000150. The molecule has 6 rings (SSSR count). The van der Waals surface area contributed by atoms with Gasteiger partial charge < -0.3 is 4.98 Å². The normalized spacial score (nSPS) is 14.2. The Morgan fingerprint density at radius 3 is 2.00 bits per heavy atom. The summed E-state index contributed by atoms with van der Waals surface area (Å²) in [5, 5.41) is 5.82. The summed E-state index contributed by atoms with van der Waals surface area (Å²) in [6.45, 7) is 0. The second-order valence-electron chi connectivity index (χ2n) is 6.70. The molecule has 125 valence electrons. The molecule has 4 aromatic rings. The zero-order valence-corrected chi connectivity index (χ0v) is 17.3. The van der Waals surface area contributed by atoms with E-state index < -0.39 is 8.07 Å². The molecule has 1 aromatic heterocycles. The Bertz CT molecular complexity index is 980. The molecule has 3 aromatic carbocycles. The average molecular weight is 525 g/mol. The van der Waals surface area contributed by atoms with E-state index in [0.717, 1.165) is 5.69 Å². The molecule has 2 aliphatic rings. The molecule has 0 fully saturated rings. The molecule has 0 amide bonds. The molecule has 0 unspecified atom stereocenters. The van der Waals surface area contributed by atoms with Crippen molar-refractivity contribution in [3.05, 3.63) is 91.1 Å². The first-order valence-electron chi connectivity index (χ1n) is 8.59. The molecule has 26 heavy (non-hydrogen) atoms. The van der Waals surface area contributed by atoms with E-state index in [1.54, 1.807) is 0 Å². The zero-order chi connectivity index (χ0) is 16.4. The van der Waals surface area contributed by atoms with Gasteiger partial charge in [-0.15, -0.1) is 35.0 Å². The van der Waals surface area contributed by atoms with E-state index in [-0.39, 0.29) is 20.1 Å². The van der Waals surface area contributed by atoms with Crippen LogP contribution >= 0.6 is 0 Å². The van der Waals surface area contributed by atoms with Gasteiger partial charge in [-0.05, 0) is 33.3 Å². The summed E-state index contributed by atoms with van der Waals surface area (Å²) in [6, 6.07) is 32.2. The van der Waals surface area contributed by atoms with Gasteiger partial charge in [-0.3, -0.25) is 0 Å². The smallest absolute Gasteiger partial charge is 0.128 e. The van der Waals surface area contributed by atoms with Crippen LogP contribution < -0.4 is 20.7 Å². The van der Waals surface area contributed by atoms with Crippen molar-refractivity contribution >= 4 is 28.8 Å². The summed E-state index contributed by atoms with van der Waals surface area (Å²) >= 11 is 0. The van der Waals surface area contributed by atoms with E-state index in [1.807, 2.05) is 12.3 Å². The summed E-state index contributed by atoms with van der Waals surface area (Å²) in [6.07, 6.45) is 1.91. The molecule has 0 saturated carbocycles. The Hall–Kier alpha value is -2.32. The van der Waals surface area contributed by atoms with Gasteiger partial charge in [-0.25, -0.2) is 0 Å². The molecule has 0 atom stereocenters. The fraction of sp³-hybridized carbons (Fsp3) is 0. The summed E-state index contributed by atoms with van der Waals surface area (Å²) in [5.41, 5.74) is 5.08. The van der Waals surface area contributed by atoms with Gasteiger partial charge in [-0.2, -0.15) is 0 Å². The largest absolute Gasteiger partial charge is 0.305 e. The number of hydrogen-bond donors (Lipinski definition) is 0. The van der Waals surface area contributed by atoms with Crippen LogP contribution in [0.5, 0.6) is 0 Å². The van der Waals surface area contributed by atoms with E-state index in [2.05, 4.69) is 78.9 Å². The first kappa shape index (κ1) is 15.9. The van der Waals surface area contributed by atoms with Crippen LogP contribution in [0.3, 0.4) is 0 Å². The van der Waals surface area contributed by atoms with Gasteiger partial charge in [0.15, 0.2) is 0 Å². The maximum Gasteiger partial charge on any atom is 0.128 e. The summed E-state index contributed by atoms with van der Waals surface area (Å²) in [5.74, 6) is 0. The second-order valence-corrected chi connectivity index (χ2v) is 10.4.